The molecular weight excluding hydrogens is 283 g/mol. The largest absolute Gasteiger partial charge is 0.369 e. The van der Waals surface area contributed by atoms with Crippen molar-refractivity contribution in [1.29, 1.82) is 0 Å². The van der Waals surface area contributed by atoms with Gasteiger partial charge in [0, 0.05) is 19.6 Å². The summed E-state index contributed by atoms with van der Waals surface area (Å²) in [6.45, 7) is 4.46. The lowest BCUT2D eigenvalue weighted by atomic mass is 10.1. The van der Waals surface area contributed by atoms with Gasteiger partial charge in [0.05, 0.1) is 10.2 Å². The van der Waals surface area contributed by atoms with Crippen molar-refractivity contribution in [2.24, 2.45) is 11.7 Å². The van der Waals surface area contributed by atoms with Crippen molar-refractivity contribution >= 4 is 21.6 Å². The van der Waals surface area contributed by atoms with Crippen LogP contribution in [0.5, 0.6) is 0 Å². The van der Waals surface area contributed by atoms with Crippen LogP contribution in [0.4, 0.5) is 10.1 Å². The van der Waals surface area contributed by atoms with Gasteiger partial charge in [0.25, 0.3) is 0 Å². The molecule has 2 nitrogen and oxygen atoms in total. The van der Waals surface area contributed by atoms with Crippen LogP contribution in [0.25, 0.3) is 0 Å². The van der Waals surface area contributed by atoms with Crippen LogP contribution in [-0.4, -0.2) is 13.1 Å². The number of rotatable bonds is 3. The molecule has 1 aromatic rings. The molecule has 1 aliphatic rings. The van der Waals surface area contributed by atoms with Gasteiger partial charge < -0.3 is 10.6 Å². The van der Waals surface area contributed by atoms with Crippen LogP contribution in [0.2, 0.25) is 0 Å². The van der Waals surface area contributed by atoms with E-state index in [1.54, 1.807) is 0 Å². The highest BCUT2D eigenvalue weighted by Gasteiger charge is 2.24. The van der Waals surface area contributed by atoms with Crippen molar-refractivity contribution in [3.8, 4) is 0 Å². The molecule has 0 aliphatic carbocycles. The van der Waals surface area contributed by atoms with Gasteiger partial charge in [0.15, 0.2) is 5.82 Å². The molecule has 1 aliphatic heterocycles. The van der Waals surface area contributed by atoms with Crippen LogP contribution in [0.1, 0.15) is 25.3 Å². The highest BCUT2D eigenvalue weighted by molar-refractivity contribution is 9.10. The molecule has 1 saturated heterocycles. The highest BCUT2D eigenvalue weighted by Crippen LogP contribution is 2.32. The summed E-state index contributed by atoms with van der Waals surface area (Å²) in [7, 11) is 0. The Kier molecular flexibility index (Phi) is 4.05. The Hall–Kier alpha value is -0.610. The molecule has 4 heteroatoms. The normalized spacial score (nSPS) is 20.0. The van der Waals surface area contributed by atoms with Gasteiger partial charge in [-0.2, -0.15) is 0 Å². The number of halogens is 2. The predicted molar refractivity (Wildman–Crippen MR) is 72.6 cm³/mol. The quantitative estimate of drug-likeness (QED) is 0.928. The van der Waals surface area contributed by atoms with Gasteiger partial charge in [0.1, 0.15) is 0 Å². The van der Waals surface area contributed by atoms with Crippen LogP contribution in [0.15, 0.2) is 16.6 Å². The Labute approximate surface area is 110 Å². The number of anilines is 1. The van der Waals surface area contributed by atoms with Gasteiger partial charge in [-0.3, -0.25) is 0 Å². The van der Waals surface area contributed by atoms with Gasteiger partial charge in [-0.15, -0.1) is 0 Å². The molecule has 0 amide bonds. The molecule has 0 radical (unpaired) electrons. The second kappa shape index (κ2) is 5.36. The van der Waals surface area contributed by atoms with Crippen molar-refractivity contribution in [3.63, 3.8) is 0 Å². The Bertz CT molecular complexity index is 409. The van der Waals surface area contributed by atoms with Gasteiger partial charge >= 0.3 is 0 Å². The van der Waals surface area contributed by atoms with Crippen molar-refractivity contribution in [2.75, 3.05) is 18.0 Å². The fourth-order valence-corrected chi connectivity index (χ4v) is 2.86. The summed E-state index contributed by atoms with van der Waals surface area (Å²) in [6, 6.07) is 3.75. The van der Waals surface area contributed by atoms with E-state index < -0.39 is 0 Å². The van der Waals surface area contributed by atoms with E-state index in [2.05, 4.69) is 27.8 Å². The average molecular weight is 301 g/mol. The molecule has 0 saturated carbocycles. The summed E-state index contributed by atoms with van der Waals surface area (Å²) in [4.78, 5) is 2.13. The van der Waals surface area contributed by atoms with E-state index in [0.29, 0.717) is 22.6 Å². The number of benzene rings is 1. The van der Waals surface area contributed by atoms with E-state index in [1.807, 2.05) is 12.1 Å². The van der Waals surface area contributed by atoms with E-state index in [1.165, 1.54) is 6.42 Å². The molecule has 1 aromatic carbocycles. The minimum Gasteiger partial charge on any atom is -0.369 e. The van der Waals surface area contributed by atoms with E-state index >= 15 is 0 Å². The molecule has 1 heterocycles. The van der Waals surface area contributed by atoms with Gasteiger partial charge in [-0.05, 0) is 39.9 Å². The van der Waals surface area contributed by atoms with Gasteiger partial charge in [0.2, 0.25) is 0 Å². The first-order valence-corrected chi connectivity index (χ1v) is 6.88. The number of hydrogen-bond donors (Lipinski definition) is 1. The summed E-state index contributed by atoms with van der Waals surface area (Å²) < 4.78 is 14.7. The molecule has 17 heavy (non-hydrogen) atoms. The molecule has 94 valence electrons. The molecule has 1 unspecified atom stereocenters. The predicted octanol–water partition coefficient (Wildman–Crippen LogP) is 3.28. The summed E-state index contributed by atoms with van der Waals surface area (Å²) >= 11 is 3.29. The Morgan fingerprint density at radius 2 is 2.29 bits per heavy atom. The van der Waals surface area contributed by atoms with Crippen molar-refractivity contribution in [3.05, 3.63) is 28.0 Å². The number of nitrogens with two attached hydrogens (primary N) is 1. The van der Waals surface area contributed by atoms with E-state index in [4.69, 9.17) is 5.73 Å². The molecule has 1 atom stereocenters. The maximum Gasteiger partial charge on any atom is 0.160 e. The third kappa shape index (κ3) is 2.47. The molecule has 2 N–H and O–H groups in total. The van der Waals surface area contributed by atoms with Crippen LogP contribution in [0.3, 0.4) is 0 Å². The maximum atomic E-state index is 14.2. The van der Waals surface area contributed by atoms with Crippen molar-refractivity contribution < 1.29 is 4.39 Å². The zero-order chi connectivity index (χ0) is 12.4. The Morgan fingerprint density at radius 1 is 1.53 bits per heavy atom. The Balaban J connectivity index is 2.25. The molecule has 0 bridgehead atoms. The van der Waals surface area contributed by atoms with E-state index in [9.17, 15) is 4.39 Å². The van der Waals surface area contributed by atoms with Gasteiger partial charge in [-0.25, -0.2) is 4.39 Å². The van der Waals surface area contributed by atoms with E-state index in [0.717, 1.165) is 25.1 Å². The number of nitrogens with zero attached hydrogens (tertiary/aromatic N) is 1. The molecule has 1 fully saturated rings. The van der Waals surface area contributed by atoms with Gasteiger partial charge in [-0.1, -0.05) is 19.4 Å². The smallest absolute Gasteiger partial charge is 0.160 e. The van der Waals surface area contributed by atoms with Crippen LogP contribution < -0.4 is 10.6 Å². The second-order valence-corrected chi connectivity index (χ2v) is 5.38. The SMILES string of the molecule is CCC1CCN(c2ccc(CN)c(Br)c2F)C1. The van der Waals surface area contributed by atoms with Crippen LogP contribution in [0, 0.1) is 11.7 Å². The van der Waals surface area contributed by atoms with E-state index in [-0.39, 0.29) is 5.82 Å². The lowest BCUT2D eigenvalue weighted by Crippen LogP contribution is -2.21. The van der Waals surface area contributed by atoms with Crippen molar-refractivity contribution in [1.82, 2.24) is 0 Å². The minimum atomic E-state index is -0.176. The first-order valence-electron chi connectivity index (χ1n) is 6.09. The summed E-state index contributed by atoms with van der Waals surface area (Å²) in [6.07, 6.45) is 2.33. The standard InChI is InChI=1S/C13H18BrFN2/c1-2-9-5-6-17(8-9)11-4-3-10(7-16)12(14)13(11)15/h3-4,9H,2,5-8,16H2,1H3. The highest BCUT2D eigenvalue weighted by atomic mass is 79.9. The second-order valence-electron chi connectivity index (χ2n) is 4.58. The van der Waals surface area contributed by atoms with Crippen molar-refractivity contribution in [2.45, 2.75) is 26.3 Å². The first-order chi connectivity index (χ1) is 8.17. The number of hydrogen-bond acceptors (Lipinski definition) is 2. The molecule has 0 spiro atoms. The summed E-state index contributed by atoms with van der Waals surface area (Å²) in [5.74, 6) is 0.520. The minimum absolute atomic E-state index is 0.176. The molecule has 2 rings (SSSR count). The van der Waals surface area contributed by atoms with Crippen LogP contribution in [-0.2, 0) is 6.54 Å². The topological polar surface area (TPSA) is 29.3 Å². The van der Waals surface area contributed by atoms with Crippen LogP contribution >= 0.6 is 15.9 Å². The lowest BCUT2D eigenvalue weighted by Gasteiger charge is -2.20. The average Bonchev–Trinajstić information content (AvgIpc) is 2.81. The maximum absolute atomic E-state index is 14.2. The summed E-state index contributed by atoms with van der Waals surface area (Å²) in [5.41, 5.74) is 7.07. The molecule has 0 aromatic heterocycles. The zero-order valence-electron chi connectivity index (χ0n) is 10.0. The zero-order valence-corrected chi connectivity index (χ0v) is 11.6. The third-order valence-corrected chi connectivity index (χ3v) is 4.42. The third-order valence-electron chi connectivity index (χ3n) is 3.57. The lowest BCUT2D eigenvalue weighted by molar-refractivity contribution is 0.566. The summed E-state index contributed by atoms with van der Waals surface area (Å²) in [5, 5.41) is 0. The monoisotopic (exact) mass is 300 g/mol. The fraction of sp³-hybridized carbons (Fsp3) is 0.538. The first kappa shape index (κ1) is 12.8. The fourth-order valence-electron chi connectivity index (χ4n) is 2.37. The molecular formula is C13H18BrFN2. The Morgan fingerprint density at radius 3 is 2.88 bits per heavy atom.